The zero-order chi connectivity index (χ0) is 24.7. The predicted octanol–water partition coefficient (Wildman–Crippen LogP) is 4.22. The maximum atomic E-state index is 5.58. The molecule has 0 radical (unpaired) electrons. The van der Waals surface area contributed by atoms with E-state index in [0.29, 0.717) is 26.4 Å². The molecular weight excluding hydrogens is 452 g/mol. The maximum Gasteiger partial charge on any atom is 0.158 e. The predicted molar refractivity (Wildman–Crippen MR) is 144 cm³/mol. The number of fused-ring (bicyclic) bond motifs is 1. The summed E-state index contributed by atoms with van der Waals surface area (Å²) in [5.74, 6) is 1.02. The molecule has 1 saturated heterocycles. The Morgan fingerprint density at radius 2 is 1.92 bits per heavy atom. The Hall–Kier alpha value is -3.75. The lowest BCUT2D eigenvalue weighted by Gasteiger charge is -2.29. The summed E-state index contributed by atoms with van der Waals surface area (Å²) in [6, 6.07) is 20.8. The quantitative estimate of drug-likeness (QED) is 0.283. The second-order valence-electron chi connectivity index (χ2n) is 8.89. The van der Waals surface area contributed by atoms with Crippen LogP contribution in [0.5, 0.6) is 0 Å². The van der Waals surface area contributed by atoms with Crippen molar-refractivity contribution in [2.24, 2.45) is 4.99 Å². The SMILES string of the molecule is COCCNc1ccc(-c2cc3nc(CN=Cc4cccc(C)c4)cc(N4CCOCC4)n3n2)cc1. The number of aliphatic imine (C=N–C) groups is 1. The minimum atomic E-state index is 0.504. The largest absolute Gasteiger partial charge is 0.383 e. The van der Waals surface area contributed by atoms with Crippen molar-refractivity contribution in [1.82, 2.24) is 14.6 Å². The molecule has 1 fully saturated rings. The number of aromatic nitrogens is 3. The number of hydrogen-bond acceptors (Lipinski definition) is 7. The Bertz CT molecular complexity index is 1330. The van der Waals surface area contributed by atoms with Crippen LogP contribution in [0.4, 0.5) is 11.5 Å². The number of anilines is 2. The first-order valence-electron chi connectivity index (χ1n) is 12.3. The number of hydrogen-bond donors (Lipinski definition) is 1. The number of ether oxygens (including phenoxy) is 2. The van der Waals surface area contributed by atoms with Gasteiger partial charge < -0.3 is 19.7 Å². The molecular formula is C28H32N6O2. The molecule has 186 valence electrons. The summed E-state index contributed by atoms with van der Waals surface area (Å²) in [5, 5.41) is 8.28. The number of benzene rings is 2. The van der Waals surface area contributed by atoms with Gasteiger partial charge in [0.25, 0.3) is 0 Å². The van der Waals surface area contributed by atoms with Crippen molar-refractivity contribution in [2.75, 3.05) is 56.8 Å². The average Bonchev–Trinajstić information content (AvgIpc) is 3.34. The molecule has 0 atom stereocenters. The lowest BCUT2D eigenvalue weighted by Crippen LogP contribution is -2.37. The van der Waals surface area contributed by atoms with Gasteiger partial charge in [-0.05, 0) is 24.6 Å². The van der Waals surface area contributed by atoms with Gasteiger partial charge in [-0.25, -0.2) is 4.98 Å². The standard InChI is InChI=1S/C28H32N6O2/c1-21-4-3-5-22(16-21)19-29-20-25-17-28(33-11-14-36-15-12-33)34-27(31-25)18-26(32-34)23-6-8-24(9-7-23)30-10-13-35-2/h3-9,16-19,30H,10-15,20H2,1-2H3. The topological polar surface area (TPSA) is 76.3 Å². The third-order valence-electron chi connectivity index (χ3n) is 6.15. The van der Waals surface area contributed by atoms with Crippen LogP contribution in [-0.2, 0) is 16.0 Å². The molecule has 3 heterocycles. The van der Waals surface area contributed by atoms with E-state index in [4.69, 9.17) is 19.6 Å². The van der Waals surface area contributed by atoms with E-state index in [9.17, 15) is 0 Å². The summed E-state index contributed by atoms with van der Waals surface area (Å²) in [5.41, 5.74) is 7.04. The van der Waals surface area contributed by atoms with Crippen molar-refractivity contribution in [3.8, 4) is 11.3 Å². The van der Waals surface area contributed by atoms with Crippen LogP contribution in [0, 0.1) is 6.92 Å². The third-order valence-corrected chi connectivity index (χ3v) is 6.15. The van der Waals surface area contributed by atoms with Gasteiger partial charge in [-0.1, -0.05) is 42.0 Å². The van der Waals surface area contributed by atoms with Crippen molar-refractivity contribution in [3.63, 3.8) is 0 Å². The normalized spacial score (nSPS) is 14.1. The van der Waals surface area contributed by atoms with E-state index in [1.807, 2.05) is 22.9 Å². The van der Waals surface area contributed by atoms with Gasteiger partial charge in [-0.3, -0.25) is 4.99 Å². The van der Waals surface area contributed by atoms with Crippen molar-refractivity contribution in [2.45, 2.75) is 13.5 Å². The number of aryl methyl sites for hydroxylation is 1. The van der Waals surface area contributed by atoms with E-state index >= 15 is 0 Å². The monoisotopic (exact) mass is 484 g/mol. The Morgan fingerprint density at radius 3 is 2.69 bits per heavy atom. The Kier molecular flexibility index (Phi) is 7.54. The average molecular weight is 485 g/mol. The van der Waals surface area contributed by atoms with Gasteiger partial charge in [0.2, 0.25) is 0 Å². The van der Waals surface area contributed by atoms with Crippen molar-refractivity contribution < 1.29 is 9.47 Å². The molecule has 4 aromatic rings. The van der Waals surface area contributed by atoms with Gasteiger partial charge in [0.1, 0.15) is 5.82 Å². The molecule has 0 amide bonds. The lowest BCUT2D eigenvalue weighted by atomic mass is 10.1. The summed E-state index contributed by atoms with van der Waals surface area (Å²) in [6.45, 7) is 7.08. The fourth-order valence-electron chi connectivity index (χ4n) is 4.30. The van der Waals surface area contributed by atoms with Crippen LogP contribution in [0.3, 0.4) is 0 Å². The van der Waals surface area contributed by atoms with Crippen LogP contribution < -0.4 is 10.2 Å². The maximum absolute atomic E-state index is 5.58. The van der Waals surface area contributed by atoms with Crippen LogP contribution in [0.1, 0.15) is 16.8 Å². The highest BCUT2D eigenvalue weighted by Gasteiger charge is 2.18. The molecule has 36 heavy (non-hydrogen) atoms. The molecule has 8 nitrogen and oxygen atoms in total. The van der Waals surface area contributed by atoms with E-state index in [-0.39, 0.29) is 0 Å². The molecule has 0 spiro atoms. The summed E-state index contributed by atoms with van der Waals surface area (Å²) in [7, 11) is 1.70. The first-order valence-corrected chi connectivity index (χ1v) is 12.3. The highest BCUT2D eigenvalue weighted by Crippen LogP contribution is 2.25. The summed E-state index contributed by atoms with van der Waals surface area (Å²) in [4.78, 5) is 11.9. The van der Waals surface area contributed by atoms with E-state index in [1.54, 1.807) is 7.11 Å². The molecule has 5 rings (SSSR count). The summed E-state index contributed by atoms with van der Waals surface area (Å²) >= 11 is 0. The Morgan fingerprint density at radius 1 is 1.08 bits per heavy atom. The van der Waals surface area contributed by atoms with Gasteiger partial charge in [-0.2, -0.15) is 9.61 Å². The van der Waals surface area contributed by atoms with E-state index < -0.39 is 0 Å². The summed E-state index contributed by atoms with van der Waals surface area (Å²) in [6.07, 6.45) is 1.91. The van der Waals surface area contributed by atoms with E-state index in [0.717, 1.165) is 59.3 Å². The fourth-order valence-corrected chi connectivity index (χ4v) is 4.30. The Labute approximate surface area is 211 Å². The zero-order valence-corrected chi connectivity index (χ0v) is 20.9. The molecule has 1 aliphatic heterocycles. The number of nitrogens with one attached hydrogen (secondary N) is 1. The molecule has 0 bridgehead atoms. The van der Waals surface area contributed by atoms with Crippen LogP contribution in [-0.4, -0.2) is 67.4 Å². The lowest BCUT2D eigenvalue weighted by molar-refractivity contribution is 0.122. The van der Waals surface area contributed by atoms with Gasteiger partial charge in [0, 0.05) is 56.3 Å². The minimum absolute atomic E-state index is 0.504. The van der Waals surface area contributed by atoms with Crippen LogP contribution in [0.2, 0.25) is 0 Å². The highest BCUT2D eigenvalue weighted by molar-refractivity contribution is 5.79. The number of morpholine rings is 1. The van der Waals surface area contributed by atoms with Crippen molar-refractivity contribution in [1.29, 1.82) is 0 Å². The molecule has 0 saturated carbocycles. The number of rotatable bonds is 9. The molecule has 2 aromatic carbocycles. The van der Waals surface area contributed by atoms with Gasteiger partial charge in [-0.15, -0.1) is 0 Å². The number of methoxy groups -OCH3 is 1. The second kappa shape index (κ2) is 11.3. The third kappa shape index (κ3) is 5.72. The van der Waals surface area contributed by atoms with Crippen LogP contribution in [0.15, 0.2) is 65.7 Å². The first-order chi connectivity index (χ1) is 17.7. The molecule has 0 unspecified atom stereocenters. The molecule has 2 aromatic heterocycles. The van der Waals surface area contributed by atoms with Crippen LogP contribution >= 0.6 is 0 Å². The fraction of sp³-hybridized carbons (Fsp3) is 0.321. The molecule has 0 aliphatic carbocycles. The molecule has 1 aliphatic rings. The second-order valence-corrected chi connectivity index (χ2v) is 8.89. The first kappa shape index (κ1) is 24.0. The molecule has 8 heteroatoms. The Balaban J connectivity index is 1.43. The van der Waals surface area contributed by atoms with Crippen LogP contribution in [0.25, 0.3) is 16.9 Å². The van der Waals surface area contributed by atoms with Crippen molar-refractivity contribution >= 4 is 23.4 Å². The molecule has 1 N–H and O–H groups in total. The minimum Gasteiger partial charge on any atom is -0.383 e. The van der Waals surface area contributed by atoms with E-state index in [1.165, 1.54) is 5.56 Å². The number of nitrogens with zero attached hydrogens (tertiary/aromatic N) is 5. The van der Waals surface area contributed by atoms with Gasteiger partial charge in [0.15, 0.2) is 5.65 Å². The van der Waals surface area contributed by atoms with Gasteiger partial charge >= 0.3 is 0 Å². The zero-order valence-electron chi connectivity index (χ0n) is 20.9. The summed E-state index contributed by atoms with van der Waals surface area (Å²) < 4.78 is 12.6. The van der Waals surface area contributed by atoms with Crippen molar-refractivity contribution in [3.05, 3.63) is 77.5 Å². The highest BCUT2D eigenvalue weighted by atomic mass is 16.5. The van der Waals surface area contributed by atoms with Gasteiger partial charge in [0.05, 0.1) is 37.8 Å². The smallest absolute Gasteiger partial charge is 0.158 e. The van der Waals surface area contributed by atoms with E-state index in [2.05, 4.69) is 70.7 Å².